The van der Waals surface area contributed by atoms with Gasteiger partial charge in [-0.1, -0.05) is 0 Å². The van der Waals surface area contributed by atoms with Gasteiger partial charge in [0.05, 0.1) is 12.0 Å². The van der Waals surface area contributed by atoms with Gasteiger partial charge in [-0.3, -0.25) is 0 Å². The average molecular weight is 375 g/mol. The van der Waals surface area contributed by atoms with Crippen molar-refractivity contribution in [3.05, 3.63) is 59.3 Å². The molecule has 0 radical (unpaired) electrons. The van der Waals surface area contributed by atoms with Crippen LogP contribution in [-0.4, -0.2) is 24.6 Å². The monoisotopic (exact) mass is 375 g/mol. The molecule has 3 heterocycles. The van der Waals surface area contributed by atoms with E-state index in [1.807, 2.05) is 17.5 Å². The summed E-state index contributed by atoms with van der Waals surface area (Å²) in [5, 5.41) is 6.37. The number of halogens is 2. The minimum absolute atomic E-state index is 0.478. The van der Waals surface area contributed by atoms with E-state index in [0.29, 0.717) is 12.5 Å². The summed E-state index contributed by atoms with van der Waals surface area (Å²) in [7, 11) is 0. The molecule has 0 saturated carbocycles. The molecule has 2 aromatic heterocycles. The Labute approximate surface area is 154 Å². The first-order valence-corrected chi connectivity index (χ1v) is 9.46. The van der Waals surface area contributed by atoms with Crippen molar-refractivity contribution in [2.75, 3.05) is 24.5 Å². The maximum Gasteiger partial charge on any atom is 0.162 e. The standard InChI is InChI=1S/C19H19F2N3OS/c20-16-4-3-15(8-17(16)21)24-6-5-13(11-24)9-22-10-14-12-26-19(23-14)18-2-1-7-25-18/h1-4,7-8,12-13,22H,5-6,9-11H2. The lowest BCUT2D eigenvalue weighted by molar-refractivity contribution is 0.507. The number of rotatable bonds is 6. The van der Waals surface area contributed by atoms with Crippen molar-refractivity contribution < 1.29 is 13.2 Å². The summed E-state index contributed by atoms with van der Waals surface area (Å²) in [6, 6.07) is 7.86. The molecule has 1 saturated heterocycles. The van der Waals surface area contributed by atoms with Crippen LogP contribution in [0.1, 0.15) is 12.1 Å². The van der Waals surface area contributed by atoms with E-state index < -0.39 is 11.6 Å². The van der Waals surface area contributed by atoms with Crippen molar-refractivity contribution in [2.45, 2.75) is 13.0 Å². The lowest BCUT2D eigenvalue weighted by Gasteiger charge is -2.19. The van der Waals surface area contributed by atoms with Gasteiger partial charge in [0, 0.05) is 43.3 Å². The highest BCUT2D eigenvalue weighted by Crippen LogP contribution is 2.26. The van der Waals surface area contributed by atoms with Gasteiger partial charge in [0.2, 0.25) is 0 Å². The summed E-state index contributed by atoms with van der Waals surface area (Å²) < 4.78 is 31.8. The average Bonchev–Trinajstić information content (AvgIpc) is 3.38. The molecule has 7 heteroatoms. The molecule has 3 aromatic rings. The normalized spacial score (nSPS) is 17.2. The second-order valence-electron chi connectivity index (χ2n) is 6.45. The number of aromatic nitrogens is 1. The molecule has 1 aliphatic heterocycles. The van der Waals surface area contributed by atoms with Crippen LogP contribution >= 0.6 is 11.3 Å². The van der Waals surface area contributed by atoms with E-state index in [9.17, 15) is 8.78 Å². The zero-order valence-corrected chi connectivity index (χ0v) is 14.9. The highest BCUT2D eigenvalue weighted by molar-refractivity contribution is 7.13. The van der Waals surface area contributed by atoms with Crippen LogP contribution in [0.5, 0.6) is 0 Å². The van der Waals surface area contributed by atoms with Gasteiger partial charge in [-0.15, -0.1) is 11.3 Å². The number of thiazole rings is 1. The van der Waals surface area contributed by atoms with Gasteiger partial charge in [-0.05, 0) is 36.6 Å². The molecule has 4 rings (SSSR count). The molecule has 0 amide bonds. The van der Waals surface area contributed by atoms with Crippen molar-refractivity contribution in [1.82, 2.24) is 10.3 Å². The number of nitrogens with zero attached hydrogens (tertiary/aromatic N) is 2. The number of furan rings is 1. The third-order valence-electron chi connectivity index (χ3n) is 4.58. The van der Waals surface area contributed by atoms with Crippen LogP contribution in [0.25, 0.3) is 10.8 Å². The van der Waals surface area contributed by atoms with Gasteiger partial charge in [-0.25, -0.2) is 13.8 Å². The highest BCUT2D eigenvalue weighted by Gasteiger charge is 2.23. The SMILES string of the molecule is Fc1ccc(N2CCC(CNCc3csc(-c4ccco4)n3)C2)cc1F. The van der Waals surface area contributed by atoms with Gasteiger partial charge in [0.15, 0.2) is 22.4 Å². The zero-order valence-electron chi connectivity index (χ0n) is 14.1. The van der Waals surface area contributed by atoms with Crippen molar-refractivity contribution in [3.63, 3.8) is 0 Å². The van der Waals surface area contributed by atoms with Crippen LogP contribution in [0, 0.1) is 17.6 Å². The van der Waals surface area contributed by atoms with E-state index in [2.05, 4.69) is 15.2 Å². The largest absolute Gasteiger partial charge is 0.462 e. The quantitative estimate of drug-likeness (QED) is 0.698. The number of benzene rings is 1. The molecule has 1 unspecified atom stereocenters. The molecule has 1 atom stereocenters. The van der Waals surface area contributed by atoms with Crippen LogP contribution in [-0.2, 0) is 6.54 Å². The summed E-state index contributed by atoms with van der Waals surface area (Å²) in [6.45, 7) is 3.27. The van der Waals surface area contributed by atoms with E-state index in [1.54, 1.807) is 23.7 Å². The molecule has 136 valence electrons. The summed E-state index contributed by atoms with van der Waals surface area (Å²) >= 11 is 1.57. The molecular weight excluding hydrogens is 356 g/mol. The lowest BCUT2D eigenvalue weighted by atomic mass is 10.1. The molecular formula is C19H19F2N3OS. The molecule has 0 bridgehead atoms. The van der Waals surface area contributed by atoms with Crippen molar-refractivity contribution >= 4 is 17.0 Å². The van der Waals surface area contributed by atoms with Crippen LogP contribution in [0.4, 0.5) is 14.5 Å². The van der Waals surface area contributed by atoms with E-state index in [-0.39, 0.29) is 0 Å². The molecule has 0 aliphatic carbocycles. The maximum absolute atomic E-state index is 13.4. The van der Waals surface area contributed by atoms with Gasteiger partial charge in [0.25, 0.3) is 0 Å². The molecule has 1 N–H and O–H groups in total. The Morgan fingerprint density at radius 3 is 3.00 bits per heavy atom. The smallest absolute Gasteiger partial charge is 0.162 e. The summed E-state index contributed by atoms with van der Waals surface area (Å²) in [6.07, 6.45) is 2.67. The van der Waals surface area contributed by atoms with Crippen molar-refractivity contribution in [3.8, 4) is 10.8 Å². The second kappa shape index (κ2) is 7.55. The Kier molecular flexibility index (Phi) is 4.99. The van der Waals surface area contributed by atoms with Gasteiger partial charge in [0.1, 0.15) is 0 Å². The van der Waals surface area contributed by atoms with Crippen molar-refractivity contribution in [1.29, 1.82) is 0 Å². The molecule has 0 spiro atoms. The molecule has 1 aromatic carbocycles. The number of anilines is 1. The predicted molar refractivity (Wildman–Crippen MR) is 98.2 cm³/mol. The lowest BCUT2D eigenvalue weighted by Crippen LogP contribution is -2.26. The fourth-order valence-corrected chi connectivity index (χ4v) is 4.01. The van der Waals surface area contributed by atoms with E-state index in [0.717, 1.165) is 48.2 Å². The summed E-state index contributed by atoms with van der Waals surface area (Å²) in [4.78, 5) is 6.68. The Morgan fingerprint density at radius 1 is 1.27 bits per heavy atom. The fraction of sp³-hybridized carbons (Fsp3) is 0.316. The van der Waals surface area contributed by atoms with E-state index >= 15 is 0 Å². The van der Waals surface area contributed by atoms with Crippen LogP contribution in [0.3, 0.4) is 0 Å². The number of nitrogens with one attached hydrogen (secondary N) is 1. The third-order valence-corrected chi connectivity index (χ3v) is 5.48. The Balaban J connectivity index is 1.26. The Hall–Kier alpha value is -2.25. The van der Waals surface area contributed by atoms with Crippen LogP contribution in [0.2, 0.25) is 0 Å². The first kappa shape index (κ1) is 17.2. The van der Waals surface area contributed by atoms with E-state index in [1.165, 1.54) is 12.1 Å². The van der Waals surface area contributed by atoms with Crippen molar-refractivity contribution in [2.24, 2.45) is 5.92 Å². The van der Waals surface area contributed by atoms with Gasteiger partial charge >= 0.3 is 0 Å². The minimum Gasteiger partial charge on any atom is -0.462 e. The molecule has 26 heavy (non-hydrogen) atoms. The van der Waals surface area contributed by atoms with Crippen LogP contribution in [0.15, 0.2) is 46.4 Å². The maximum atomic E-state index is 13.4. The number of hydrogen-bond acceptors (Lipinski definition) is 5. The molecule has 4 nitrogen and oxygen atoms in total. The molecule has 1 fully saturated rings. The van der Waals surface area contributed by atoms with E-state index in [4.69, 9.17) is 4.42 Å². The second-order valence-corrected chi connectivity index (χ2v) is 7.31. The predicted octanol–water partition coefficient (Wildman–Crippen LogP) is 4.30. The third kappa shape index (κ3) is 3.78. The summed E-state index contributed by atoms with van der Waals surface area (Å²) in [5.74, 6) is -0.325. The first-order chi connectivity index (χ1) is 12.7. The minimum atomic E-state index is -0.802. The van der Waals surface area contributed by atoms with Crippen LogP contribution < -0.4 is 10.2 Å². The first-order valence-electron chi connectivity index (χ1n) is 8.58. The topological polar surface area (TPSA) is 41.3 Å². The Bertz CT molecular complexity index is 866. The summed E-state index contributed by atoms with van der Waals surface area (Å²) in [5.41, 5.74) is 1.74. The highest BCUT2D eigenvalue weighted by atomic mass is 32.1. The molecule has 1 aliphatic rings. The van der Waals surface area contributed by atoms with Gasteiger partial charge in [-0.2, -0.15) is 0 Å². The van der Waals surface area contributed by atoms with Gasteiger partial charge < -0.3 is 14.6 Å². The number of hydrogen-bond donors (Lipinski definition) is 1. The zero-order chi connectivity index (χ0) is 17.9. The Morgan fingerprint density at radius 2 is 2.19 bits per heavy atom. The fourth-order valence-electron chi connectivity index (χ4n) is 3.22.